The van der Waals surface area contributed by atoms with Crippen LogP contribution >= 0.6 is 11.8 Å². The van der Waals surface area contributed by atoms with Crippen molar-refractivity contribution in [1.29, 1.82) is 5.26 Å². The topological polar surface area (TPSA) is 39.1 Å². The predicted molar refractivity (Wildman–Crippen MR) is 86.4 cm³/mol. The Labute approximate surface area is 126 Å². The molecular weight excluding hydrogens is 266 g/mol. The Balaban J connectivity index is 2.14. The van der Waals surface area contributed by atoms with Gasteiger partial charge in [0.25, 0.3) is 0 Å². The predicted octanol–water partition coefficient (Wildman–Crippen LogP) is 3.11. The van der Waals surface area contributed by atoms with Crippen molar-refractivity contribution in [2.45, 2.75) is 24.7 Å². The Morgan fingerprint density at radius 1 is 1.40 bits per heavy atom. The second-order valence-electron chi connectivity index (χ2n) is 5.27. The molecule has 0 amide bonds. The minimum atomic E-state index is 0.732. The number of anilines is 1. The maximum absolute atomic E-state index is 9.48. The lowest BCUT2D eigenvalue weighted by atomic mass is 9.97. The molecule has 0 saturated carbocycles. The van der Waals surface area contributed by atoms with Gasteiger partial charge in [0.15, 0.2) is 0 Å². The van der Waals surface area contributed by atoms with Crippen LogP contribution in [0, 0.1) is 17.2 Å². The fourth-order valence-corrected chi connectivity index (χ4v) is 3.56. The number of piperidine rings is 1. The summed E-state index contributed by atoms with van der Waals surface area (Å²) in [5, 5.41) is 12.9. The van der Waals surface area contributed by atoms with Gasteiger partial charge in [-0.05, 0) is 49.7 Å². The number of nitriles is 1. The zero-order valence-corrected chi connectivity index (χ0v) is 13.2. The van der Waals surface area contributed by atoms with Crippen LogP contribution in [0.2, 0.25) is 0 Å². The van der Waals surface area contributed by atoms with Gasteiger partial charge in [0.2, 0.25) is 0 Å². The maximum Gasteiger partial charge on any atom is 0.103 e. The number of hydrogen-bond donors (Lipinski definition) is 1. The second kappa shape index (κ2) is 7.56. The van der Waals surface area contributed by atoms with Crippen molar-refractivity contribution in [3.63, 3.8) is 0 Å². The zero-order chi connectivity index (χ0) is 14.4. The molecule has 1 fully saturated rings. The molecule has 0 aromatic heterocycles. The molecule has 0 aliphatic carbocycles. The van der Waals surface area contributed by atoms with E-state index in [1.54, 1.807) is 11.8 Å². The van der Waals surface area contributed by atoms with E-state index in [0.717, 1.165) is 47.5 Å². The quantitative estimate of drug-likeness (QED) is 0.845. The highest BCUT2D eigenvalue weighted by atomic mass is 32.2. The van der Waals surface area contributed by atoms with Gasteiger partial charge in [0, 0.05) is 18.5 Å². The van der Waals surface area contributed by atoms with Crippen LogP contribution in [-0.4, -0.2) is 32.4 Å². The number of rotatable bonds is 5. The lowest BCUT2D eigenvalue weighted by molar-refractivity contribution is 0.378. The van der Waals surface area contributed by atoms with E-state index in [0.29, 0.717) is 0 Å². The average molecular weight is 289 g/mol. The van der Waals surface area contributed by atoms with Gasteiger partial charge < -0.3 is 10.2 Å². The average Bonchev–Trinajstić information content (AvgIpc) is 2.48. The van der Waals surface area contributed by atoms with E-state index in [2.05, 4.69) is 48.5 Å². The van der Waals surface area contributed by atoms with Crippen LogP contribution in [0.25, 0.3) is 0 Å². The third-order valence-electron chi connectivity index (χ3n) is 3.82. The van der Waals surface area contributed by atoms with Crippen LogP contribution in [0.3, 0.4) is 0 Å². The van der Waals surface area contributed by atoms with Gasteiger partial charge in [-0.3, -0.25) is 0 Å². The molecule has 108 valence electrons. The van der Waals surface area contributed by atoms with Crippen LogP contribution < -0.4 is 10.2 Å². The standard InChI is InChI=1S/C16H23N3S/c1-3-20-16-6-4-5-15(14(16)11-17)19(2)12-13-7-9-18-10-8-13/h4-6,13,18H,3,7-10,12H2,1-2H3. The molecule has 1 aromatic carbocycles. The van der Waals surface area contributed by atoms with E-state index in [1.807, 2.05) is 0 Å². The summed E-state index contributed by atoms with van der Waals surface area (Å²) in [5.41, 5.74) is 1.90. The summed E-state index contributed by atoms with van der Waals surface area (Å²) in [7, 11) is 2.11. The van der Waals surface area contributed by atoms with Gasteiger partial charge in [0.1, 0.15) is 6.07 Å². The van der Waals surface area contributed by atoms with Crippen LogP contribution in [0.1, 0.15) is 25.3 Å². The molecule has 1 aliphatic rings. The maximum atomic E-state index is 9.48. The number of nitrogens with one attached hydrogen (secondary N) is 1. The van der Waals surface area contributed by atoms with Crippen molar-refractivity contribution in [2.24, 2.45) is 5.92 Å². The Hall–Kier alpha value is -1.18. The molecule has 1 saturated heterocycles. The van der Waals surface area contributed by atoms with Crippen molar-refractivity contribution in [3.05, 3.63) is 23.8 Å². The highest BCUT2D eigenvalue weighted by Gasteiger charge is 2.18. The van der Waals surface area contributed by atoms with Gasteiger partial charge in [-0.1, -0.05) is 13.0 Å². The first-order chi connectivity index (χ1) is 9.76. The third-order valence-corrected chi connectivity index (χ3v) is 4.76. The summed E-state index contributed by atoms with van der Waals surface area (Å²) in [6.45, 7) is 5.40. The second-order valence-corrected chi connectivity index (χ2v) is 6.57. The number of nitrogens with zero attached hydrogens (tertiary/aromatic N) is 2. The first kappa shape index (κ1) is 15.2. The summed E-state index contributed by atoms with van der Waals surface area (Å²) < 4.78 is 0. The molecule has 1 N–H and O–H groups in total. The number of benzene rings is 1. The third kappa shape index (κ3) is 3.68. The fourth-order valence-electron chi connectivity index (χ4n) is 2.78. The molecular formula is C16H23N3S. The number of hydrogen-bond acceptors (Lipinski definition) is 4. The summed E-state index contributed by atoms with van der Waals surface area (Å²) in [4.78, 5) is 3.36. The lowest BCUT2D eigenvalue weighted by Crippen LogP contribution is -2.34. The molecule has 1 aromatic rings. The summed E-state index contributed by atoms with van der Waals surface area (Å²) >= 11 is 1.74. The molecule has 2 rings (SSSR count). The van der Waals surface area contributed by atoms with Crippen molar-refractivity contribution in [1.82, 2.24) is 5.32 Å². The Morgan fingerprint density at radius 2 is 2.15 bits per heavy atom. The summed E-state index contributed by atoms with van der Waals surface area (Å²) in [6, 6.07) is 8.57. The largest absolute Gasteiger partial charge is 0.373 e. The van der Waals surface area contributed by atoms with Crippen LogP contribution in [0.4, 0.5) is 5.69 Å². The molecule has 3 nitrogen and oxygen atoms in total. The molecule has 0 radical (unpaired) electrons. The molecule has 0 spiro atoms. The Kier molecular flexibility index (Phi) is 5.75. The van der Waals surface area contributed by atoms with Gasteiger partial charge in [-0.2, -0.15) is 5.26 Å². The van der Waals surface area contributed by atoms with Crippen LogP contribution in [0.5, 0.6) is 0 Å². The van der Waals surface area contributed by atoms with Gasteiger partial charge in [-0.15, -0.1) is 11.8 Å². The van der Waals surface area contributed by atoms with E-state index in [4.69, 9.17) is 0 Å². The van der Waals surface area contributed by atoms with E-state index in [-0.39, 0.29) is 0 Å². The highest BCUT2D eigenvalue weighted by molar-refractivity contribution is 7.99. The summed E-state index contributed by atoms with van der Waals surface area (Å²) in [5.74, 6) is 1.73. The van der Waals surface area contributed by atoms with Crippen LogP contribution in [-0.2, 0) is 0 Å². The van der Waals surface area contributed by atoms with Crippen molar-refractivity contribution in [3.8, 4) is 6.07 Å². The van der Waals surface area contributed by atoms with Gasteiger partial charge >= 0.3 is 0 Å². The van der Waals surface area contributed by atoms with Crippen molar-refractivity contribution < 1.29 is 0 Å². The molecule has 1 aliphatic heterocycles. The van der Waals surface area contributed by atoms with Crippen molar-refractivity contribution >= 4 is 17.4 Å². The van der Waals surface area contributed by atoms with E-state index in [1.165, 1.54) is 12.8 Å². The van der Waals surface area contributed by atoms with Gasteiger partial charge in [0.05, 0.1) is 11.3 Å². The van der Waals surface area contributed by atoms with E-state index in [9.17, 15) is 5.26 Å². The monoisotopic (exact) mass is 289 g/mol. The zero-order valence-electron chi connectivity index (χ0n) is 12.4. The molecule has 0 atom stereocenters. The first-order valence-corrected chi connectivity index (χ1v) is 8.32. The van der Waals surface area contributed by atoms with E-state index < -0.39 is 0 Å². The summed E-state index contributed by atoms with van der Waals surface area (Å²) in [6.07, 6.45) is 2.46. The van der Waals surface area contributed by atoms with Gasteiger partial charge in [-0.25, -0.2) is 0 Å². The van der Waals surface area contributed by atoms with E-state index >= 15 is 0 Å². The van der Waals surface area contributed by atoms with Crippen LogP contribution in [0.15, 0.2) is 23.1 Å². The highest BCUT2D eigenvalue weighted by Crippen LogP contribution is 2.30. The fraction of sp³-hybridized carbons (Fsp3) is 0.562. The molecule has 1 heterocycles. The SMILES string of the molecule is CCSc1cccc(N(C)CC2CCNCC2)c1C#N. The molecule has 0 unspecified atom stereocenters. The lowest BCUT2D eigenvalue weighted by Gasteiger charge is -2.29. The molecule has 0 bridgehead atoms. The number of thioether (sulfide) groups is 1. The Morgan fingerprint density at radius 3 is 2.80 bits per heavy atom. The minimum Gasteiger partial charge on any atom is -0.373 e. The Bertz CT molecular complexity index is 475. The van der Waals surface area contributed by atoms with Crippen molar-refractivity contribution in [2.75, 3.05) is 37.3 Å². The molecule has 4 heteroatoms. The molecule has 20 heavy (non-hydrogen) atoms. The normalized spacial score (nSPS) is 15.8. The smallest absolute Gasteiger partial charge is 0.103 e. The first-order valence-electron chi connectivity index (χ1n) is 7.34. The minimum absolute atomic E-state index is 0.732.